The number of rotatable bonds is 2. The fourth-order valence-corrected chi connectivity index (χ4v) is 2.27. The second-order valence-electron chi connectivity index (χ2n) is 4.17. The van der Waals surface area contributed by atoms with Gasteiger partial charge in [-0.05, 0) is 25.3 Å². The number of carboxylic acid groups (broad SMARTS) is 1. The van der Waals surface area contributed by atoms with Gasteiger partial charge in [-0.2, -0.15) is 0 Å². The Morgan fingerprint density at radius 3 is 2.94 bits per heavy atom. The molecular weight excluding hydrogens is 208 g/mol. The minimum atomic E-state index is -1.06. The van der Waals surface area contributed by atoms with Gasteiger partial charge in [0.15, 0.2) is 5.78 Å². The van der Waals surface area contributed by atoms with Crippen LogP contribution in [0.3, 0.4) is 0 Å². The number of aliphatic carboxylic acids is 1. The van der Waals surface area contributed by atoms with Crippen molar-refractivity contribution in [2.24, 2.45) is 5.92 Å². The summed E-state index contributed by atoms with van der Waals surface area (Å²) in [6.45, 7) is 0. The van der Waals surface area contributed by atoms with Gasteiger partial charge in [0.1, 0.15) is 6.10 Å². The number of carboxylic acids is 1. The van der Waals surface area contributed by atoms with Crippen LogP contribution in [0.15, 0.2) is 24.0 Å². The topological polar surface area (TPSA) is 63.6 Å². The molecule has 2 rings (SSSR count). The highest BCUT2D eigenvalue weighted by Crippen LogP contribution is 2.33. The minimum absolute atomic E-state index is 0.00299. The molecule has 0 amide bonds. The van der Waals surface area contributed by atoms with Crippen LogP contribution in [0.4, 0.5) is 0 Å². The van der Waals surface area contributed by atoms with Crippen LogP contribution in [0.1, 0.15) is 25.7 Å². The lowest BCUT2D eigenvalue weighted by molar-refractivity contribution is -0.131. The van der Waals surface area contributed by atoms with Gasteiger partial charge < -0.3 is 9.84 Å². The average Bonchev–Trinajstić information content (AvgIpc) is 2.28. The predicted octanol–water partition coefficient (Wildman–Crippen LogP) is 1.67. The van der Waals surface area contributed by atoms with Crippen LogP contribution in [0, 0.1) is 5.92 Å². The number of ether oxygens (including phenoxy) is 1. The highest BCUT2D eigenvalue weighted by molar-refractivity contribution is 6.01. The van der Waals surface area contributed by atoms with E-state index in [1.807, 2.05) is 0 Å². The molecule has 16 heavy (non-hydrogen) atoms. The van der Waals surface area contributed by atoms with Crippen molar-refractivity contribution >= 4 is 11.8 Å². The van der Waals surface area contributed by atoms with Crippen molar-refractivity contribution in [2.45, 2.75) is 31.8 Å². The van der Waals surface area contributed by atoms with E-state index in [0.717, 1.165) is 31.8 Å². The van der Waals surface area contributed by atoms with E-state index in [1.54, 1.807) is 0 Å². The van der Waals surface area contributed by atoms with Crippen molar-refractivity contribution in [1.82, 2.24) is 0 Å². The summed E-state index contributed by atoms with van der Waals surface area (Å²) in [5.74, 6) is -1.11. The van der Waals surface area contributed by atoms with E-state index in [-0.39, 0.29) is 17.8 Å². The lowest BCUT2D eigenvalue weighted by Gasteiger charge is -2.33. The fraction of sp³-hybridized carbons (Fsp3) is 0.500. The molecule has 2 atom stereocenters. The van der Waals surface area contributed by atoms with Gasteiger partial charge in [0.2, 0.25) is 0 Å². The average molecular weight is 222 g/mol. The van der Waals surface area contributed by atoms with E-state index in [4.69, 9.17) is 9.84 Å². The largest absolute Gasteiger partial charge is 0.497 e. The molecule has 0 aromatic rings. The molecule has 2 aliphatic rings. The number of carbonyl (C=O) groups excluding carboxylic acids is 1. The number of hydrogen-bond acceptors (Lipinski definition) is 3. The van der Waals surface area contributed by atoms with Crippen molar-refractivity contribution in [3.8, 4) is 0 Å². The Morgan fingerprint density at radius 2 is 2.19 bits per heavy atom. The molecule has 2 unspecified atom stereocenters. The van der Waals surface area contributed by atoms with Gasteiger partial charge in [-0.15, -0.1) is 0 Å². The molecule has 1 aliphatic carbocycles. The van der Waals surface area contributed by atoms with E-state index in [2.05, 4.69) is 0 Å². The van der Waals surface area contributed by atoms with Crippen molar-refractivity contribution in [3.63, 3.8) is 0 Å². The Kier molecular flexibility index (Phi) is 3.08. The van der Waals surface area contributed by atoms with Crippen molar-refractivity contribution in [1.29, 1.82) is 0 Å². The van der Waals surface area contributed by atoms with Crippen molar-refractivity contribution in [2.75, 3.05) is 0 Å². The van der Waals surface area contributed by atoms with Gasteiger partial charge in [-0.1, -0.05) is 6.42 Å². The Bertz CT molecular complexity index is 367. The molecule has 4 nitrogen and oxygen atoms in total. The lowest BCUT2D eigenvalue weighted by Crippen LogP contribution is -2.36. The normalized spacial score (nSPS) is 29.5. The standard InChI is InChI=1S/C12H14O4/c13-11(14)6-5-8-7-16-10-4-2-1-3-9(10)12(8)15/h5-7,9-10H,1-4H2,(H,13,14)/b6-5+. The maximum absolute atomic E-state index is 12.0. The van der Waals surface area contributed by atoms with Gasteiger partial charge in [-0.3, -0.25) is 4.79 Å². The Morgan fingerprint density at radius 1 is 1.44 bits per heavy atom. The van der Waals surface area contributed by atoms with Gasteiger partial charge in [0.25, 0.3) is 0 Å². The molecule has 1 saturated carbocycles. The molecule has 1 heterocycles. The highest BCUT2D eigenvalue weighted by Gasteiger charge is 2.35. The van der Waals surface area contributed by atoms with Gasteiger partial charge in [0, 0.05) is 6.08 Å². The summed E-state index contributed by atoms with van der Waals surface area (Å²) in [7, 11) is 0. The molecule has 0 bridgehead atoms. The monoisotopic (exact) mass is 222 g/mol. The SMILES string of the molecule is O=C(O)/C=C/C1=COC2CCCCC2C1=O. The van der Waals surface area contributed by atoms with Crippen LogP contribution in [0.25, 0.3) is 0 Å². The van der Waals surface area contributed by atoms with E-state index in [0.29, 0.717) is 5.57 Å². The molecule has 1 aliphatic heterocycles. The molecule has 0 aromatic carbocycles. The zero-order valence-corrected chi connectivity index (χ0v) is 8.89. The summed E-state index contributed by atoms with van der Waals surface area (Å²) in [5, 5.41) is 8.50. The molecule has 4 heteroatoms. The molecule has 0 saturated heterocycles. The van der Waals surface area contributed by atoms with Crippen molar-refractivity contribution in [3.05, 3.63) is 24.0 Å². The number of hydrogen-bond donors (Lipinski definition) is 1. The summed E-state index contributed by atoms with van der Waals surface area (Å²) in [6, 6.07) is 0. The zero-order chi connectivity index (χ0) is 11.5. The third-order valence-corrected chi connectivity index (χ3v) is 3.10. The Balaban J connectivity index is 2.13. The molecule has 86 valence electrons. The van der Waals surface area contributed by atoms with Gasteiger partial charge >= 0.3 is 5.97 Å². The minimum Gasteiger partial charge on any atom is -0.497 e. The van der Waals surface area contributed by atoms with Gasteiger partial charge in [-0.25, -0.2) is 4.79 Å². The highest BCUT2D eigenvalue weighted by atomic mass is 16.5. The molecule has 0 radical (unpaired) electrons. The third kappa shape index (κ3) is 2.15. The van der Waals surface area contributed by atoms with E-state index < -0.39 is 5.97 Å². The van der Waals surface area contributed by atoms with Crippen molar-refractivity contribution < 1.29 is 19.4 Å². The van der Waals surface area contributed by atoms with E-state index in [9.17, 15) is 9.59 Å². The lowest BCUT2D eigenvalue weighted by atomic mass is 9.80. The predicted molar refractivity (Wildman–Crippen MR) is 56.7 cm³/mol. The molecule has 1 fully saturated rings. The summed E-state index contributed by atoms with van der Waals surface area (Å²) >= 11 is 0. The maximum atomic E-state index is 12.0. The van der Waals surface area contributed by atoms with Crippen LogP contribution in [0.5, 0.6) is 0 Å². The zero-order valence-electron chi connectivity index (χ0n) is 8.89. The summed E-state index contributed by atoms with van der Waals surface area (Å²) in [4.78, 5) is 22.3. The smallest absolute Gasteiger partial charge is 0.328 e. The van der Waals surface area contributed by atoms with Crippen LogP contribution in [-0.2, 0) is 14.3 Å². The maximum Gasteiger partial charge on any atom is 0.328 e. The first-order valence-electron chi connectivity index (χ1n) is 5.49. The number of allylic oxidation sites excluding steroid dienone is 2. The second-order valence-corrected chi connectivity index (χ2v) is 4.17. The summed E-state index contributed by atoms with van der Waals surface area (Å²) < 4.78 is 5.47. The van der Waals surface area contributed by atoms with Crippen LogP contribution < -0.4 is 0 Å². The molecule has 1 N–H and O–H groups in total. The second kappa shape index (κ2) is 4.51. The van der Waals surface area contributed by atoms with Gasteiger partial charge in [0.05, 0.1) is 17.8 Å². The number of carbonyl (C=O) groups is 2. The first-order chi connectivity index (χ1) is 7.68. The number of ketones is 1. The Labute approximate surface area is 93.6 Å². The van der Waals surface area contributed by atoms with E-state index >= 15 is 0 Å². The summed E-state index contributed by atoms with van der Waals surface area (Å²) in [6.07, 6.45) is 7.60. The van der Waals surface area contributed by atoms with Crippen LogP contribution in [-0.4, -0.2) is 23.0 Å². The molecule has 0 spiro atoms. The van der Waals surface area contributed by atoms with Crippen LogP contribution in [0.2, 0.25) is 0 Å². The number of fused-ring (bicyclic) bond motifs is 1. The molecule has 0 aromatic heterocycles. The van der Waals surface area contributed by atoms with Crippen LogP contribution >= 0.6 is 0 Å². The quantitative estimate of drug-likeness (QED) is 0.722. The third-order valence-electron chi connectivity index (χ3n) is 3.10. The molecular formula is C12H14O4. The summed E-state index contributed by atoms with van der Waals surface area (Å²) in [5.41, 5.74) is 0.366. The first kappa shape index (κ1) is 10.9. The number of Topliss-reactive ketones (excluding diaryl/α,β-unsaturated/α-hetero) is 1. The van der Waals surface area contributed by atoms with E-state index in [1.165, 1.54) is 12.3 Å². The fourth-order valence-electron chi connectivity index (χ4n) is 2.27. The first-order valence-corrected chi connectivity index (χ1v) is 5.49. The Hall–Kier alpha value is -1.58.